The summed E-state index contributed by atoms with van der Waals surface area (Å²) in [6.45, 7) is 1.63. The summed E-state index contributed by atoms with van der Waals surface area (Å²) in [4.78, 5) is -1.66. The quantitative estimate of drug-likeness (QED) is 0.581. The van der Waals surface area contributed by atoms with Crippen LogP contribution in [0.25, 0.3) is 0 Å². The van der Waals surface area contributed by atoms with E-state index in [2.05, 4.69) is 0 Å². The van der Waals surface area contributed by atoms with Gasteiger partial charge in [0.25, 0.3) is 10.1 Å². The second-order valence-corrected chi connectivity index (χ2v) is 4.52. The van der Waals surface area contributed by atoms with E-state index in [1.807, 2.05) is 0 Å². The van der Waals surface area contributed by atoms with Crippen LogP contribution in [-0.2, 0) is 10.1 Å². The van der Waals surface area contributed by atoms with Gasteiger partial charge in [-0.25, -0.2) is 0 Å². The fourth-order valence-electron chi connectivity index (χ4n) is 1.06. The number of rotatable bonds is 1. The topological polar surface area (TPSA) is 80.4 Å². The third-order valence-corrected chi connectivity index (χ3v) is 3.43. The van der Waals surface area contributed by atoms with Gasteiger partial charge in [0.15, 0.2) is 4.87 Å². The van der Waals surface area contributed by atoms with Gasteiger partial charge in [0.2, 0.25) is 0 Å². The minimum absolute atomic E-state index is 0.419. The average molecular weight is 189 g/mol. The Labute approximate surface area is 71.5 Å². The second-order valence-electron chi connectivity index (χ2n) is 2.86. The summed E-state index contributed by atoms with van der Waals surface area (Å²) in [6, 6.07) is 0. The molecule has 1 aliphatic rings. The highest BCUT2D eigenvalue weighted by molar-refractivity contribution is 7.87. The van der Waals surface area contributed by atoms with Gasteiger partial charge in [0, 0.05) is 5.92 Å². The van der Waals surface area contributed by atoms with Gasteiger partial charge in [-0.2, -0.15) is 8.42 Å². The maximum atomic E-state index is 10.9. The summed E-state index contributed by atoms with van der Waals surface area (Å²) < 4.78 is 30.6. The first kappa shape index (κ1) is 9.44. The standard InChI is InChI=1S/C7H11NO3S/c1-6-4-2-3-5-7(6,8)12(9,10)11/h2-6H,8H2,1H3,(H,9,10,11). The average Bonchev–Trinajstić information content (AvgIpc) is 1.93. The molecule has 0 amide bonds. The fourth-order valence-corrected chi connectivity index (χ4v) is 1.86. The molecule has 4 nitrogen and oxygen atoms in total. The molecule has 5 heteroatoms. The Bertz CT molecular complexity index is 331. The van der Waals surface area contributed by atoms with Gasteiger partial charge in [0.05, 0.1) is 0 Å². The third kappa shape index (κ3) is 1.31. The normalized spacial score (nSPS) is 35.4. The van der Waals surface area contributed by atoms with E-state index in [1.54, 1.807) is 19.1 Å². The molecule has 0 saturated carbocycles. The van der Waals surface area contributed by atoms with Crippen LogP contribution in [0.5, 0.6) is 0 Å². The number of nitrogens with two attached hydrogens (primary N) is 1. The largest absolute Gasteiger partial charge is 0.307 e. The molecule has 2 atom stereocenters. The van der Waals surface area contributed by atoms with Crippen molar-refractivity contribution in [3.8, 4) is 0 Å². The van der Waals surface area contributed by atoms with Crippen molar-refractivity contribution in [3.05, 3.63) is 24.3 Å². The van der Waals surface area contributed by atoms with E-state index in [9.17, 15) is 8.42 Å². The van der Waals surface area contributed by atoms with Gasteiger partial charge in [-0.15, -0.1) is 0 Å². The minimum atomic E-state index is -4.23. The lowest BCUT2D eigenvalue weighted by Crippen LogP contribution is -2.51. The maximum Gasteiger partial charge on any atom is 0.288 e. The SMILES string of the molecule is CC1C=CC=CC1(N)S(=O)(=O)O. The van der Waals surface area contributed by atoms with Crippen molar-refractivity contribution >= 4 is 10.1 Å². The van der Waals surface area contributed by atoms with Crippen molar-refractivity contribution in [2.24, 2.45) is 11.7 Å². The zero-order valence-corrected chi connectivity index (χ0v) is 7.45. The Morgan fingerprint density at radius 1 is 1.50 bits per heavy atom. The van der Waals surface area contributed by atoms with Crippen LogP contribution in [0.3, 0.4) is 0 Å². The van der Waals surface area contributed by atoms with Crippen molar-refractivity contribution in [2.45, 2.75) is 11.8 Å². The van der Waals surface area contributed by atoms with Crippen LogP contribution in [-0.4, -0.2) is 17.8 Å². The summed E-state index contributed by atoms with van der Waals surface area (Å²) in [5, 5.41) is 0. The molecule has 0 aromatic carbocycles. The third-order valence-electron chi connectivity index (χ3n) is 2.03. The van der Waals surface area contributed by atoms with Crippen molar-refractivity contribution in [1.29, 1.82) is 0 Å². The van der Waals surface area contributed by atoms with Crippen LogP contribution in [0.2, 0.25) is 0 Å². The summed E-state index contributed by atoms with van der Waals surface area (Å²) in [5.41, 5.74) is 5.50. The molecule has 1 rings (SSSR count). The molecule has 2 unspecified atom stereocenters. The lowest BCUT2D eigenvalue weighted by Gasteiger charge is -2.28. The van der Waals surface area contributed by atoms with Gasteiger partial charge < -0.3 is 5.73 Å². The molecule has 0 heterocycles. The fraction of sp³-hybridized carbons (Fsp3) is 0.429. The van der Waals surface area contributed by atoms with E-state index >= 15 is 0 Å². The molecule has 3 N–H and O–H groups in total. The summed E-state index contributed by atoms with van der Waals surface area (Å²) in [5.74, 6) is -0.419. The highest BCUT2D eigenvalue weighted by Crippen LogP contribution is 2.26. The predicted molar refractivity (Wildman–Crippen MR) is 45.9 cm³/mol. The summed E-state index contributed by atoms with van der Waals surface area (Å²) in [6.07, 6.45) is 6.12. The maximum absolute atomic E-state index is 10.9. The Balaban J connectivity index is 3.16. The van der Waals surface area contributed by atoms with Crippen molar-refractivity contribution < 1.29 is 13.0 Å². The molecule has 68 valence electrons. The van der Waals surface area contributed by atoms with E-state index in [0.717, 1.165) is 0 Å². The van der Waals surface area contributed by atoms with E-state index < -0.39 is 20.9 Å². The molecular formula is C7H11NO3S. The highest BCUT2D eigenvalue weighted by Gasteiger charge is 2.41. The first-order valence-corrected chi connectivity index (χ1v) is 4.94. The van der Waals surface area contributed by atoms with Gasteiger partial charge in [0.1, 0.15) is 0 Å². The minimum Gasteiger partial charge on any atom is -0.307 e. The molecule has 1 aliphatic carbocycles. The second kappa shape index (κ2) is 2.69. The van der Waals surface area contributed by atoms with E-state index in [4.69, 9.17) is 10.3 Å². The summed E-state index contributed by atoms with van der Waals surface area (Å²) >= 11 is 0. The van der Waals surface area contributed by atoms with E-state index in [1.165, 1.54) is 12.2 Å². The monoisotopic (exact) mass is 189 g/mol. The van der Waals surface area contributed by atoms with Gasteiger partial charge in [-0.05, 0) is 6.08 Å². The lowest BCUT2D eigenvalue weighted by atomic mass is 9.97. The Morgan fingerprint density at radius 2 is 2.08 bits per heavy atom. The Hall–Kier alpha value is -0.650. The van der Waals surface area contributed by atoms with Crippen molar-refractivity contribution in [2.75, 3.05) is 0 Å². The van der Waals surface area contributed by atoms with Crippen molar-refractivity contribution in [1.82, 2.24) is 0 Å². The molecule has 0 fully saturated rings. The number of hydrogen-bond acceptors (Lipinski definition) is 3. The zero-order chi connectivity index (χ0) is 9.41. The zero-order valence-electron chi connectivity index (χ0n) is 6.64. The number of hydrogen-bond donors (Lipinski definition) is 2. The van der Waals surface area contributed by atoms with Crippen LogP contribution >= 0.6 is 0 Å². The van der Waals surface area contributed by atoms with Gasteiger partial charge >= 0.3 is 0 Å². The van der Waals surface area contributed by atoms with Gasteiger partial charge in [-0.3, -0.25) is 4.55 Å². The van der Waals surface area contributed by atoms with E-state index in [0.29, 0.717) is 0 Å². The molecule has 0 aromatic rings. The molecule has 0 aliphatic heterocycles. The van der Waals surface area contributed by atoms with Gasteiger partial charge in [-0.1, -0.05) is 25.2 Å². The summed E-state index contributed by atoms with van der Waals surface area (Å²) in [7, 11) is -4.23. The van der Waals surface area contributed by atoms with Crippen LogP contribution in [0.15, 0.2) is 24.3 Å². The lowest BCUT2D eigenvalue weighted by molar-refractivity contribution is 0.418. The molecule has 12 heavy (non-hydrogen) atoms. The number of allylic oxidation sites excluding steroid dienone is 2. The molecule has 0 saturated heterocycles. The first-order valence-electron chi connectivity index (χ1n) is 3.50. The molecule has 0 spiro atoms. The molecule has 0 radical (unpaired) electrons. The van der Waals surface area contributed by atoms with Crippen LogP contribution in [0.1, 0.15) is 6.92 Å². The smallest absolute Gasteiger partial charge is 0.288 e. The first-order chi connectivity index (χ1) is 5.38. The molecular weight excluding hydrogens is 178 g/mol. The van der Waals surface area contributed by atoms with Crippen LogP contribution < -0.4 is 5.73 Å². The van der Waals surface area contributed by atoms with E-state index in [-0.39, 0.29) is 0 Å². The Kier molecular flexibility index (Phi) is 2.11. The Morgan fingerprint density at radius 3 is 2.42 bits per heavy atom. The highest BCUT2D eigenvalue weighted by atomic mass is 32.2. The predicted octanol–water partition coefficient (Wildman–Crippen LogP) is 0.291. The van der Waals surface area contributed by atoms with Crippen LogP contribution in [0, 0.1) is 5.92 Å². The van der Waals surface area contributed by atoms with Crippen LogP contribution in [0.4, 0.5) is 0 Å². The molecule has 0 aromatic heterocycles. The van der Waals surface area contributed by atoms with Crippen molar-refractivity contribution in [3.63, 3.8) is 0 Å². The molecule has 0 bridgehead atoms.